The van der Waals surface area contributed by atoms with Crippen LogP contribution in [-0.2, 0) is 15.1 Å². The van der Waals surface area contributed by atoms with Crippen LogP contribution < -0.4 is 5.32 Å². The van der Waals surface area contributed by atoms with Gasteiger partial charge in [-0.05, 0) is 41.7 Å². The van der Waals surface area contributed by atoms with Gasteiger partial charge in [0.25, 0.3) is 0 Å². The molecule has 1 unspecified atom stereocenters. The van der Waals surface area contributed by atoms with Gasteiger partial charge in [-0.3, -0.25) is 14.9 Å². The van der Waals surface area contributed by atoms with E-state index in [2.05, 4.69) is 5.32 Å². The number of carboxylic acids is 2. The highest BCUT2D eigenvalue weighted by molar-refractivity contribution is 5.87. The van der Waals surface area contributed by atoms with E-state index in [4.69, 9.17) is 0 Å². The molecule has 0 amide bonds. The Balaban J connectivity index is 2.04. The summed E-state index contributed by atoms with van der Waals surface area (Å²) in [6.07, 6.45) is 0. The van der Waals surface area contributed by atoms with Gasteiger partial charge in [-0.25, -0.2) is 0 Å². The molecule has 5 heteroatoms. The standard InChI is InChI=1S/C25H23NO4/c1-24(2,23(29)30)21(22(27)28)26-25(16-10-4-3-5-11-16)19-14-8-6-12-17(19)18-13-7-9-15-20(18)25/h3-15,21,26H,1-2H3,(H,27,28)(H,29,30). The number of aliphatic carboxylic acids is 2. The van der Waals surface area contributed by atoms with Crippen molar-refractivity contribution in [1.82, 2.24) is 5.32 Å². The molecule has 0 radical (unpaired) electrons. The molecule has 0 spiro atoms. The molecule has 152 valence electrons. The minimum Gasteiger partial charge on any atom is -0.481 e. The van der Waals surface area contributed by atoms with E-state index in [0.29, 0.717) is 0 Å². The largest absolute Gasteiger partial charge is 0.481 e. The maximum absolute atomic E-state index is 12.3. The van der Waals surface area contributed by atoms with Crippen molar-refractivity contribution >= 4 is 11.9 Å². The number of carboxylic acid groups (broad SMARTS) is 2. The smallest absolute Gasteiger partial charge is 0.321 e. The summed E-state index contributed by atoms with van der Waals surface area (Å²) in [7, 11) is 0. The van der Waals surface area contributed by atoms with Gasteiger partial charge in [-0.1, -0.05) is 78.9 Å². The second-order valence-electron chi connectivity index (χ2n) is 8.15. The van der Waals surface area contributed by atoms with Gasteiger partial charge in [0.1, 0.15) is 6.04 Å². The molecule has 0 fully saturated rings. The first-order valence-corrected chi connectivity index (χ1v) is 9.79. The third-order valence-electron chi connectivity index (χ3n) is 6.04. The molecular formula is C25H23NO4. The molecule has 1 aliphatic rings. The Morgan fingerprint density at radius 3 is 1.73 bits per heavy atom. The van der Waals surface area contributed by atoms with E-state index in [1.165, 1.54) is 13.8 Å². The van der Waals surface area contributed by atoms with E-state index in [1.54, 1.807) is 0 Å². The molecule has 0 aromatic heterocycles. The highest BCUT2D eigenvalue weighted by Gasteiger charge is 2.51. The van der Waals surface area contributed by atoms with Crippen molar-refractivity contribution in [1.29, 1.82) is 0 Å². The molecule has 3 N–H and O–H groups in total. The summed E-state index contributed by atoms with van der Waals surface area (Å²) in [6.45, 7) is 2.87. The van der Waals surface area contributed by atoms with Gasteiger partial charge in [-0.15, -0.1) is 0 Å². The maximum Gasteiger partial charge on any atom is 0.321 e. The van der Waals surface area contributed by atoms with Gasteiger partial charge in [-0.2, -0.15) is 0 Å². The van der Waals surface area contributed by atoms with Crippen LogP contribution in [-0.4, -0.2) is 28.2 Å². The quantitative estimate of drug-likeness (QED) is 0.579. The van der Waals surface area contributed by atoms with Crippen LogP contribution in [0.25, 0.3) is 11.1 Å². The predicted octanol–water partition coefficient (Wildman–Crippen LogP) is 4.11. The van der Waals surface area contributed by atoms with E-state index in [9.17, 15) is 19.8 Å². The summed E-state index contributed by atoms with van der Waals surface area (Å²) in [5.74, 6) is -2.38. The summed E-state index contributed by atoms with van der Waals surface area (Å²) in [5, 5.41) is 23.1. The van der Waals surface area contributed by atoms with E-state index in [0.717, 1.165) is 27.8 Å². The molecule has 1 aliphatic carbocycles. The van der Waals surface area contributed by atoms with Gasteiger partial charge in [0.2, 0.25) is 0 Å². The second-order valence-corrected chi connectivity index (χ2v) is 8.15. The normalized spacial score (nSPS) is 15.1. The van der Waals surface area contributed by atoms with Crippen molar-refractivity contribution < 1.29 is 19.8 Å². The van der Waals surface area contributed by atoms with Crippen LogP contribution in [0.5, 0.6) is 0 Å². The van der Waals surface area contributed by atoms with Crippen LogP contribution in [0, 0.1) is 5.41 Å². The number of fused-ring (bicyclic) bond motifs is 3. The summed E-state index contributed by atoms with van der Waals surface area (Å²) >= 11 is 0. The van der Waals surface area contributed by atoms with Crippen molar-refractivity contribution in [3.8, 4) is 11.1 Å². The summed E-state index contributed by atoms with van der Waals surface area (Å²) in [4.78, 5) is 24.3. The molecule has 0 heterocycles. The Labute approximate surface area is 175 Å². The van der Waals surface area contributed by atoms with E-state index in [1.807, 2.05) is 78.9 Å². The number of nitrogens with one attached hydrogen (secondary N) is 1. The van der Waals surface area contributed by atoms with Crippen molar-refractivity contribution in [3.63, 3.8) is 0 Å². The van der Waals surface area contributed by atoms with E-state index >= 15 is 0 Å². The summed E-state index contributed by atoms with van der Waals surface area (Å²) in [6, 6.07) is 24.0. The molecule has 3 aromatic rings. The van der Waals surface area contributed by atoms with Gasteiger partial charge < -0.3 is 10.2 Å². The Morgan fingerprint density at radius 1 is 0.800 bits per heavy atom. The van der Waals surface area contributed by atoms with Crippen LogP contribution >= 0.6 is 0 Å². The van der Waals surface area contributed by atoms with Crippen molar-refractivity contribution in [2.45, 2.75) is 25.4 Å². The van der Waals surface area contributed by atoms with Crippen LogP contribution in [0.2, 0.25) is 0 Å². The van der Waals surface area contributed by atoms with Crippen LogP contribution in [0.4, 0.5) is 0 Å². The topological polar surface area (TPSA) is 86.6 Å². The van der Waals surface area contributed by atoms with Crippen LogP contribution in [0.15, 0.2) is 78.9 Å². The number of hydrogen-bond donors (Lipinski definition) is 3. The fourth-order valence-electron chi connectivity index (χ4n) is 4.36. The summed E-state index contributed by atoms with van der Waals surface area (Å²) < 4.78 is 0. The van der Waals surface area contributed by atoms with E-state index in [-0.39, 0.29) is 0 Å². The molecule has 0 bridgehead atoms. The lowest BCUT2D eigenvalue weighted by atomic mass is 9.76. The number of hydrogen-bond acceptors (Lipinski definition) is 3. The number of rotatable bonds is 6. The summed E-state index contributed by atoms with van der Waals surface area (Å²) in [5.41, 5.74) is 2.14. The average Bonchev–Trinajstić information content (AvgIpc) is 3.03. The van der Waals surface area contributed by atoms with E-state index < -0.39 is 28.9 Å². The molecule has 1 atom stereocenters. The zero-order chi connectivity index (χ0) is 21.5. The maximum atomic E-state index is 12.3. The first kappa shape index (κ1) is 19.9. The lowest BCUT2D eigenvalue weighted by Gasteiger charge is -2.40. The molecule has 0 saturated carbocycles. The minimum atomic E-state index is -1.54. The molecule has 0 aliphatic heterocycles. The molecule has 0 saturated heterocycles. The molecule has 5 nitrogen and oxygen atoms in total. The lowest BCUT2D eigenvalue weighted by molar-refractivity contribution is -0.157. The molecular weight excluding hydrogens is 378 g/mol. The van der Waals surface area contributed by atoms with Crippen molar-refractivity contribution in [3.05, 3.63) is 95.6 Å². The Kier molecular flexibility index (Phi) is 4.71. The molecule has 4 rings (SSSR count). The zero-order valence-corrected chi connectivity index (χ0v) is 16.8. The Bertz CT molecular complexity index is 1080. The molecule has 3 aromatic carbocycles. The fourth-order valence-corrected chi connectivity index (χ4v) is 4.36. The number of benzene rings is 3. The van der Waals surface area contributed by atoms with Gasteiger partial charge in [0.05, 0.1) is 11.0 Å². The van der Waals surface area contributed by atoms with Gasteiger partial charge in [0.15, 0.2) is 0 Å². The van der Waals surface area contributed by atoms with Crippen LogP contribution in [0.1, 0.15) is 30.5 Å². The molecule has 30 heavy (non-hydrogen) atoms. The average molecular weight is 401 g/mol. The SMILES string of the molecule is CC(C)(C(=O)O)C(NC1(c2ccccc2)c2ccccc2-c2ccccc21)C(=O)O. The highest BCUT2D eigenvalue weighted by Crippen LogP contribution is 2.51. The monoisotopic (exact) mass is 401 g/mol. The minimum absolute atomic E-state index is 0.856. The third-order valence-corrected chi connectivity index (χ3v) is 6.04. The number of carbonyl (C=O) groups is 2. The van der Waals surface area contributed by atoms with Crippen molar-refractivity contribution in [2.24, 2.45) is 5.41 Å². The van der Waals surface area contributed by atoms with Crippen LogP contribution in [0.3, 0.4) is 0 Å². The Hall–Kier alpha value is -3.44. The third kappa shape index (κ3) is 2.82. The Morgan fingerprint density at radius 2 is 1.27 bits per heavy atom. The lowest BCUT2D eigenvalue weighted by Crippen LogP contribution is -2.59. The fraction of sp³-hybridized carbons (Fsp3) is 0.200. The van der Waals surface area contributed by atoms with Crippen molar-refractivity contribution in [2.75, 3.05) is 0 Å². The first-order valence-electron chi connectivity index (χ1n) is 9.79. The van der Waals surface area contributed by atoms with Gasteiger partial charge >= 0.3 is 11.9 Å². The first-order chi connectivity index (χ1) is 14.3. The zero-order valence-electron chi connectivity index (χ0n) is 16.8. The predicted molar refractivity (Wildman–Crippen MR) is 114 cm³/mol. The second kappa shape index (κ2) is 7.11. The highest BCUT2D eigenvalue weighted by atomic mass is 16.4. The van der Waals surface area contributed by atoms with Gasteiger partial charge in [0, 0.05) is 0 Å².